The van der Waals surface area contributed by atoms with Gasteiger partial charge in [0.15, 0.2) is 16.4 Å². The molecule has 0 spiro atoms. The molecule has 0 radical (unpaired) electrons. The molecule has 6 nitrogen and oxygen atoms in total. The zero-order valence-electron chi connectivity index (χ0n) is 13.5. The van der Waals surface area contributed by atoms with Gasteiger partial charge in [-0.15, -0.1) is 0 Å². The molecular weight excluding hydrogens is 340 g/mol. The van der Waals surface area contributed by atoms with Gasteiger partial charge in [0.05, 0.1) is 17.0 Å². The molecule has 7 heteroatoms. The summed E-state index contributed by atoms with van der Waals surface area (Å²) < 4.78 is 28.4. The Balaban J connectivity index is 1.42. The number of H-pyrrole nitrogens is 1. The van der Waals surface area contributed by atoms with Crippen molar-refractivity contribution < 1.29 is 17.9 Å². The number of sulfone groups is 1. The summed E-state index contributed by atoms with van der Waals surface area (Å²) in [6.07, 6.45) is 0.467. The van der Waals surface area contributed by atoms with Crippen LogP contribution in [0.5, 0.6) is 5.75 Å². The first-order valence-electron chi connectivity index (χ1n) is 8.13. The molecule has 1 aliphatic heterocycles. The number of para-hydroxylation sites is 1. The fourth-order valence-corrected chi connectivity index (χ4v) is 4.92. The summed E-state index contributed by atoms with van der Waals surface area (Å²) in [5.41, 5.74) is 2.00. The van der Waals surface area contributed by atoms with Crippen molar-refractivity contribution in [1.82, 2.24) is 10.3 Å². The molecule has 1 fully saturated rings. The van der Waals surface area contributed by atoms with E-state index in [1.54, 1.807) is 0 Å². The molecule has 25 heavy (non-hydrogen) atoms. The maximum absolute atomic E-state index is 11.9. The Morgan fingerprint density at radius 2 is 1.96 bits per heavy atom. The minimum absolute atomic E-state index is 0.0137. The minimum atomic E-state index is -3.01. The van der Waals surface area contributed by atoms with Crippen LogP contribution in [0.4, 0.5) is 0 Å². The summed E-state index contributed by atoms with van der Waals surface area (Å²) in [6.45, 7) is -0.137. The molecule has 130 valence electrons. The smallest absolute Gasteiger partial charge is 0.258 e. The number of nitrogens with one attached hydrogen (secondary N) is 2. The van der Waals surface area contributed by atoms with Crippen LogP contribution < -0.4 is 10.1 Å². The van der Waals surface area contributed by atoms with Crippen LogP contribution in [0.1, 0.15) is 6.42 Å². The molecule has 2 heterocycles. The first-order valence-corrected chi connectivity index (χ1v) is 9.95. The Morgan fingerprint density at radius 3 is 2.76 bits per heavy atom. The van der Waals surface area contributed by atoms with Crippen LogP contribution in [0.25, 0.3) is 21.8 Å². The molecule has 0 bridgehead atoms. The number of ether oxygens (including phenoxy) is 1. The Hall–Kier alpha value is -2.54. The SMILES string of the molecule is O=C(COc1ccc2c(c1)[nH]c1ccccc12)N[C@H]1CCS(=O)(=O)C1. The lowest BCUT2D eigenvalue weighted by Gasteiger charge is -2.11. The number of carbonyl (C=O) groups excluding carboxylic acids is 1. The van der Waals surface area contributed by atoms with E-state index in [0.717, 1.165) is 21.8 Å². The minimum Gasteiger partial charge on any atom is -0.484 e. The van der Waals surface area contributed by atoms with Gasteiger partial charge in [-0.05, 0) is 24.6 Å². The van der Waals surface area contributed by atoms with E-state index in [1.807, 2.05) is 36.4 Å². The highest BCUT2D eigenvalue weighted by molar-refractivity contribution is 7.91. The van der Waals surface area contributed by atoms with Crippen molar-refractivity contribution in [3.63, 3.8) is 0 Å². The number of benzene rings is 2. The summed E-state index contributed by atoms with van der Waals surface area (Å²) in [5.74, 6) is 0.433. The third-order valence-electron chi connectivity index (χ3n) is 4.45. The van der Waals surface area contributed by atoms with Gasteiger partial charge in [0.1, 0.15) is 5.75 Å². The fourth-order valence-electron chi connectivity index (χ4n) is 3.25. The lowest BCUT2D eigenvalue weighted by atomic mass is 10.1. The lowest BCUT2D eigenvalue weighted by Crippen LogP contribution is -2.38. The van der Waals surface area contributed by atoms with Crippen LogP contribution in [-0.2, 0) is 14.6 Å². The number of fused-ring (bicyclic) bond motifs is 3. The Morgan fingerprint density at radius 1 is 1.16 bits per heavy atom. The Labute approximate surface area is 145 Å². The second-order valence-corrected chi connectivity index (χ2v) is 8.56. The van der Waals surface area contributed by atoms with Crippen molar-refractivity contribution in [2.24, 2.45) is 0 Å². The van der Waals surface area contributed by atoms with E-state index >= 15 is 0 Å². The highest BCUT2D eigenvalue weighted by Crippen LogP contribution is 2.28. The van der Waals surface area contributed by atoms with Gasteiger partial charge in [-0.1, -0.05) is 18.2 Å². The predicted molar refractivity (Wildman–Crippen MR) is 96.5 cm³/mol. The normalized spacial score (nSPS) is 19.3. The van der Waals surface area contributed by atoms with Crippen molar-refractivity contribution in [2.75, 3.05) is 18.1 Å². The topological polar surface area (TPSA) is 88.3 Å². The molecule has 1 amide bonds. The average Bonchev–Trinajstić information content (AvgIpc) is 3.11. The monoisotopic (exact) mass is 358 g/mol. The lowest BCUT2D eigenvalue weighted by molar-refractivity contribution is -0.123. The van der Waals surface area contributed by atoms with Crippen molar-refractivity contribution in [2.45, 2.75) is 12.5 Å². The summed E-state index contributed by atoms with van der Waals surface area (Å²) in [6, 6.07) is 13.4. The summed E-state index contributed by atoms with van der Waals surface area (Å²) in [7, 11) is -3.01. The maximum atomic E-state index is 11.9. The summed E-state index contributed by atoms with van der Waals surface area (Å²) >= 11 is 0. The van der Waals surface area contributed by atoms with E-state index in [1.165, 1.54) is 0 Å². The third kappa shape index (κ3) is 3.32. The first-order chi connectivity index (χ1) is 12.0. The number of hydrogen-bond donors (Lipinski definition) is 2. The predicted octanol–water partition coefficient (Wildman–Crippen LogP) is 2.00. The van der Waals surface area contributed by atoms with Crippen LogP contribution >= 0.6 is 0 Å². The third-order valence-corrected chi connectivity index (χ3v) is 6.21. The molecule has 1 aromatic heterocycles. The van der Waals surface area contributed by atoms with Crippen molar-refractivity contribution in [1.29, 1.82) is 0 Å². The average molecular weight is 358 g/mol. The van der Waals surface area contributed by atoms with Crippen LogP contribution in [0.2, 0.25) is 0 Å². The van der Waals surface area contributed by atoms with Gasteiger partial charge in [-0.3, -0.25) is 4.79 Å². The van der Waals surface area contributed by atoms with E-state index in [-0.39, 0.29) is 30.1 Å². The number of rotatable bonds is 4. The van der Waals surface area contributed by atoms with Crippen LogP contribution in [0, 0.1) is 0 Å². The summed E-state index contributed by atoms with van der Waals surface area (Å²) in [5, 5.41) is 4.96. The van der Waals surface area contributed by atoms with Crippen molar-refractivity contribution in [3.8, 4) is 5.75 Å². The zero-order valence-corrected chi connectivity index (χ0v) is 14.3. The van der Waals surface area contributed by atoms with Crippen LogP contribution in [0.15, 0.2) is 42.5 Å². The second kappa shape index (κ2) is 6.07. The quantitative estimate of drug-likeness (QED) is 0.747. The molecule has 0 unspecified atom stereocenters. The largest absolute Gasteiger partial charge is 0.484 e. The van der Waals surface area contributed by atoms with Gasteiger partial charge in [0, 0.05) is 28.4 Å². The molecule has 2 N–H and O–H groups in total. The van der Waals surface area contributed by atoms with Gasteiger partial charge in [0.2, 0.25) is 0 Å². The Bertz CT molecular complexity index is 1060. The Kier molecular flexibility index (Phi) is 3.88. The highest BCUT2D eigenvalue weighted by atomic mass is 32.2. The van der Waals surface area contributed by atoms with E-state index in [2.05, 4.69) is 16.4 Å². The number of amides is 1. The van der Waals surface area contributed by atoms with Gasteiger partial charge < -0.3 is 15.0 Å². The molecule has 3 aromatic rings. The number of aromatic nitrogens is 1. The molecule has 1 saturated heterocycles. The van der Waals surface area contributed by atoms with Gasteiger partial charge in [0.25, 0.3) is 5.91 Å². The maximum Gasteiger partial charge on any atom is 0.258 e. The van der Waals surface area contributed by atoms with Crippen molar-refractivity contribution in [3.05, 3.63) is 42.5 Å². The number of carbonyl (C=O) groups is 1. The van der Waals surface area contributed by atoms with Gasteiger partial charge in [-0.2, -0.15) is 0 Å². The molecule has 2 aromatic carbocycles. The molecular formula is C18H18N2O4S. The molecule has 0 aliphatic carbocycles. The van der Waals surface area contributed by atoms with Crippen LogP contribution in [-0.4, -0.2) is 43.5 Å². The summed E-state index contributed by atoms with van der Waals surface area (Å²) in [4.78, 5) is 15.3. The van der Waals surface area contributed by atoms with E-state index in [9.17, 15) is 13.2 Å². The number of aromatic amines is 1. The first kappa shape index (κ1) is 16.0. The fraction of sp³-hybridized carbons (Fsp3) is 0.278. The second-order valence-electron chi connectivity index (χ2n) is 6.33. The highest BCUT2D eigenvalue weighted by Gasteiger charge is 2.28. The van der Waals surface area contributed by atoms with E-state index in [0.29, 0.717) is 12.2 Å². The zero-order chi connectivity index (χ0) is 17.4. The molecule has 0 saturated carbocycles. The standard InChI is InChI=1S/C18H18N2O4S/c21-18(19-12-7-8-25(22,23)11-12)10-24-13-5-6-15-14-3-1-2-4-16(14)20-17(15)9-13/h1-6,9,12,20H,7-8,10-11H2,(H,19,21)/t12-/m0/s1. The number of hydrogen-bond acceptors (Lipinski definition) is 4. The molecule has 4 rings (SSSR count). The molecule has 1 atom stereocenters. The van der Waals surface area contributed by atoms with Crippen molar-refractivity contribution >= 4 is 37.6 Å². The van der Waals surface area contributed by atoms with E-state index < -0.39 is 9.84 Å². The van der Waals surface area contributed by atoms with E-state index in [4.69, 9.17) is 4.74 Å². The molecule has 1 aliphatic rings. The van der Waals surface area contributed by atoms with Crippen LogP contribution in [0.3, 0.4) is 0 Å². The van der Waals surface area contributed by atoms with Gasteiger partial charge >= 0.3 is 0 Å². The van der Waals surface area contributed by atoms with Gasteiger partial charge in [-0.25, -0.2) is 8.42 Å².